The second-order valence-corrected chi connectivity index (χ2v) is 4.97. The topological polar surface area (TPSA) is 55.1 Å². The summed E-state index contributed by atoms with van der Waals surface area (Å²) >= 11 is 0. The van der Waals surface area contributed by atoms with Gasteiger partial charge in [-0.3, -0.25) is 4.79 Å². The molecule has 3 nitrogen and oxygen atoms in total. The molecule has 1 rings (SSSR count). The summed E-state index contributed by atoms with van der Waals surface area (Å²) in [5, 5.41) is 3.02. The van der Waals surface area contributed by atoms with Crippen LogP contribution in [0.25, 0.3) is 5.70 Å². The van der Waals surface area contributed by atoms with Gasteiger partial charge in [0.1, 0.15) is 5.78 Å². The lowest BCUT2D eigenvalue weighted by Crippen LogP contribution is -2.09. The molecule has 0 aliphatic carbocycles. The first-order valence-electron chi connectivity index (χ1n) is 8.55. The van der Waals surface area contributed by atoms with Gasteiger partial charge in [0.15, 0.2) is 0 Å². The predicted octanol–water partition coefficient (Wildman–Crippen LogP) is 5.58. The van der Waals surface area contributed by atoms with Crippen molar-refractivity contribution in [3.05, 3.63) is 72.9 Å². The number of nitrogens with two attached hydrogens (primary N) is 1. The maximum Gasteiger partial charge on any atom is 0.141 e. The molecule has 0 radical (unpaired) electrons. The van der Waals surface area contributed by atoms with E-state index in [9.17, 15) is 4.79 Å². The Morgan fingerprint density at radius 3 is 2.00 bits per heavy atom. The summed E-state index contributed by atoms with van der Waals surface area (Å²) in [4.78, 5) is 11.1. The van der Waals surface area contributed by atoms with Crippen molar-refractivity contribution < 1.29 is 4.79 Å². The zero-order chi connectivity index (χ0) is 19.8. The number of carbonyl (C=O) groups excluding carboxylic acids is 1. The first kappa shape index (κ1) is 24.7. The summed E-state index contributed by atoms with van der Waals surface area (Å²) < 4.78 is 0. The van der Waals surface area contributed by atoms with Gasteiger partial charge in [0.2, 0.25) is 0 Å². The molecule has 0 aliphatic rings. The Morgan fingerprint density at radius 2 is 1.72 bits per heavy atom. The van der Waals surface area contributed by atoms with Gasteiger partial charge in [-0.15, -0.1) is 6.58 Å². The number of allylic oxidation sites excluding steroid dienone is 5. The molecule has 0 aromatic heterocycles. The minimum Gasteiger partial charge on any atom is -0.399 e. The largest absolute Gasteiger partial charge is 0.399 e. The van der Waals surface area contributed by atoms with Crippen LogP contribution in [0.15, 0.2) is 67.3 Å². The van der Waals surface area contributed by atoms with Gasteiger partial charge < -0.3 is 11.1 Å². The molecule has 1 atom stereocenters. The number of hydrogen-bond acceptors (Lipinski definition) is 3. The Labute approximate surface area is 154 Å². The molecule has 1 unspecified atom stereocenters. The summed E-state index contributed by atoms with van der Waals surface area (Å²) in [5.74, 6) is -0.0117. The van der Waals surface area contributed by atoms with Gasteiger partial charge in [0, 0.05) is 18.4 Å². The van der Waals surface area contributed by atoms with Crippen molar-refractivity contribution in [2.75, 3.05) is 12.4 Å². The molecule has 3 N–H and O–H groups in total. The molecule has 0 saturated heterocycles. The number of rotatable bonds is 6. The van der Waals surface area contributed by atoms with E-state index in [4.69, 9.17) is 5.73 Å². The number of Topliss-reactive ketones (excluding diaryl/α,β-unsaturated/α-hetero) is 1. The van der Waals surface area contributed by atoms with Crippen molar-refractivity contribution >= 4 is 17.2 Å². The van der Waals surface area contributed by atoms with Crippen molar-refractivity contribution in [1.29, 1.82) is 0 Å². The van der Waals surface area contributed by atoms with E-state index < -0.39 is 0 Å². The molecule has 0 heterocycles. The van der Waals surface area contributed by atoms with Gasteiger partial charge in [0.25, 0.3) is 0 Å². The Balaban J connectivity index is 0. The van der Waals surface area contributed by atoms with E-state index in [1.165, 1.54) is 0 Å². The molecule has 0 aliphatic heterocycles. The van der Waals surface area contributed by atoms with Crippen molar-refractivity contribution in [3.63, 3.8) is 0 Å². The van der Waals surface area contributed by atoms with Crippen LogP contribution >= 0.6 is 0 Å². The second-order valence-electron chi connectivity index (χ2n) is 4.97. The maximum absolute atomic E-state index is 11.1. The van der Waals surface area contributed by atoms with E-state index in [2.05, 4.69) is 18.5 Å². The Bertz CT molecular complexity index is 581. The lowest BCUT2D eigenvalue weighted by Gasteiger charge is -2.08. The molecule has 0 spiro atoms. The summed E-state index contributed by atoms with van der Waals surface area (Å²) in [6, 6.07) is 7.81. The lowest BCUT2D eigenvalue weighted by molar-refractivity contribution is -0.118. The summed E-state index contributed by atoms with van der Waals surface area (Å²) in [6.45, 7) is 16.7. The fourth-order valence-electron chi connectivity index (χ4n) is 1.96. The summed E-state index contributed by atoms with van der Waals surface area (Å²) in [5.41, 5.74) is 9.16. The number of benzene rings is 1. The summed E-state index contributed by atoms with van der Waals surface area (Å²) in [6.07, 6.45) is 7.48. The van der Waals surface area contributed by atoms with Crippen LogP contribution < -0.4 is 11.1 Å². The fraction of sp³-hybridized carbons (Fsp3) is 0.318. The molecule has 3 heteroatoms. The van der Waals surface area contributed by atoms with Gasteiger partial charge in [-0.05, 0) is 44.0 Å². The molecule has 0 saturated carbocycles. The first-order valence-corrected chi connectivity index (χ1v) is 8.55. The van der Waals surface area contributed by atoms with Gasteiger partial charge in [-0.1, -0.05) is 56.9 Å². The minimum atomic E-state index is -0.147. The smallest absolute Gasteiger partial charge is 0.141 e. The normalized spacial score (nSPS) is 11.4. The van der Waals surface area contributed by atoms with Crippen LogP contribution in [0.5, 0.6) is 0 Å². The molecular formula is C22H34N2O. The zero-order valence-corrected chi connectivity index (χ0v) is 16.6. The van der Waals surface area contributed by atoms with Crippen LogP contribution in [0.3, 0.4) is 0 Å². The molecular weight excluding hydrogens is 308 g/mol. The molecule has 0 bridgehead atoms. The number of carbonyl (C=O) groups is 1. The SMILES string of the molecule is C=C(N)c1ccc(NC)cc1.C=CC(C(C)=O)C(/C=C\C)=C/C.CC. The van der Waals surface area contributed by atoms with Gasteiger partial charge in [-0.2, -0.15) is 0 Å². The fourth-order valence-corrected chi connectivity index (χ4v) is 1.96. The number of hydrogen-bond donors (Lipinski definition) is 2. The van der Waals surface area contributed by atoms with Gasteiger partial charge in [0.05, 0.1) is 5.92 Å². The van der Waals surface area contributed by atoms with Gasteiger partial charge >= 0.3 is 0 Å². The van der Waals surface area contributed by atoms with Gasteiger partial charge in [-0.25, -0.2) is 0 Å². The van der Waals surface area contributed by atoms with Crippen molar-refractivity contribution in [2.45, 2.75) is 34.6 Å². The van der Waals surface area contributed by atoms with E-state index in [1.807, 2.05) is 77.2 Å². The third kappa shape index (κ3) is 10.0. The average molecular weight is 343 g/mol. The van der Waals surface area contributed by atoms with Crippen molar-refractivity contribution in [1.82, 2.24) is 0 Å². The standard InChI is InChI=1S/C11H16O.C9H12N2.C2H6/c1-5-8-10(6-2)11(7-3)9(4)12;1-7(10)8-3-5-9(11-2)6-4-8;1-2/h5-8,11H,3H2,1-2,4H3;3-6,11H,1,10H2,2H3;1-2H3/b8-5-,10-6+;;. The highest BCUT2D eigenvalue weighted by molar-refractivity contribution is 5.83. The highest BCUT2D eigenvalue weighted by Gasteiger charge is 2.11. The van der Waals surface area contributed by atoms with Crippen LogP contribution in [0.1, 0.15) is 40.2 Å². The van der Waals surface area contributed by atoms with Crippen LogP contribution in [-0.4, -0.2) is 12.8 Å². The Kier molecular flexibility index (Phi) is 14.8. The Hall–Kier alpha value is -2.55. The molecule has 138 valence electrons. The van der Waals surface area contributed by atoms with E-state index in [1.54, 1.807) is 13.0 Å². The highest BCUT2D eigenvalue weighted by atomic mass is 16.1. The maximum atomic E-state index is 11.1. The van der Waals surface area contributed by atoms with E-state index in [0.717, 1.165) is 16.8 Å². The zero-order valence-electron chi connectivity index (χ0n) is 16.6. The summed E-state index contributed by atoms with van der Waals surface area (Å²) in [7, 11) is 1.88. The number of ketones is 1. The minimum absolute atomic E-state index is 0.135. The van der Waals surface area contributed by atoms with Crippen molar-refractivity contribution in [3.8, 4) is 0 Å². The molecule has 0 fully saturated rings. The number of nitrogens with one attached hydrogen (secondary N) is 1. The first-order chi connectivity index (χ1) is 11.9. The van der Waals surface area contributed by atoms with E-state index in [-0.39, 0.29) is 11.7 Å². The highest BCUT2D eigenvalue weighted by Crippen LogP contribution is 2.14. The third-order valence-electron chi connectivity index (χ3n) is 3.27. The van der Waals surface area contributed by atoms with Crippen LogP contribution in [0.4, 0.5) is 5.69 Å². The van der Waals surface area contributed by atoms with E-state index >= 15 is 0 Å². The third-order valence-corrected chi connectivity index (χ3v) is 3.27. The predicted molar refractivity (Wildman–Crippen MR) is 113 cm³/mol. The molecule has 0 amide bonds. The Morgan fingerprint density at radius 1 is 1.20 bits per heavy atom. The van der Waals surface area contributed by atoms with Crippen LogP contribution in [0.2, 0.25) is 0 Å². The van der Waals surface area contributed by atoms with E-state index in [0.29, 0.717) is 5.70 Å². The lowest BCUT2D eigenvalue weighted by atomic mass is 9.95. The molecule has 1 aromatic rings. The number of anilines is 1. The molecule has 25 heavy (non-hydrogen) atoms. The second kappa shape index (κ2) is 15.0. The average Bonchev–Trinajstić information content (AvgIpc) is 2.63. The van der Waals surface area contributed by atoms with Crippen molar-refractivity contribution in [2.24, 2.45) is 11.7 Å². The quantitative estimate of drug-likeness (QED) is 0.524. The van der Waals surface area contributed by atoms with Crippen LogP contribution in [0, 0.1) is 5.92 Å². The monoisotopic (exact) mass is 342 g/mol. The van der Waals surface area contributed by atoms with Crippen LogP contribution in [-0.2, 0) is 4.79 Å². The molecule has 1 aromatic carbocycles.